The predicted molar refractivity (Wildman–Crippen MR) is 80.0 cm³/mol. The van der Waals surface area contributed by atoms with Crippen molar-refractivity contribution in [3.63, 3.8) is 0 Å². The van der Waals surface area contributed by atoms with Crippen molar-refractivity contribution in [2.75, 3.05) is 0 Å². The summed E-state index contributed by atoms with van der Waals surface area (Å²) in [5.74, 6) is 0. The number of alkyl halides is 3. The van der Waals surface area contributed by atoms with E-state index in [0.29, 0.717) is 0 Å². The normalized spacial score (nSPS) is 12.3. The zero-order chi connectivity index (χ0) is 17.4. The lowest BCUT2D eigenvalue weighted by molar-refractivity contribution is -0.384. The number of nitro benzene ring substituents is 1. The molecule has 0 spiro atoms. The third-order valence-electron chi connectivity index (χ3n) is 3.37. The average molecular weight is 324 g/mol. The predicted octanol–water partition coefficient (Wildman–Crippen LogP) is 4.97. The molecule has 0 saturated carbocycles. The number of pyridine rings is 1. The van der Waals surface area contributed by atoms with Crippen molar-refractivity contribution < 1.29 is 18.1 Å². The number of hydrogen-bond acceptors (Lipinski definition) is 3. The Labute approximate surface area is 131 Å². The molecule has 2 rings (SSSR count). The second-order valence-corrected chi connectivity index (χ2v) is 6.14. The van der Waals surface area contributed by atoms with Crippen molar-refractivity contribution in [1.29, 1.82) is 0 Å². The van der Waals surface area contributed by atoms with Crippen LogP contribution in [0.4, 0.5) is 18.9 Å². The SMILES string of the molecule is CC(C)(C)c1cc(C(F)(F)F)c(-c2ccccc2[N+](=O)[O-])cn1. The molecule has 0 bridgehead atoms. The molecule has 0 aliphatic heterocycles. The van der Waals surface area contributed by atoms with Crippen molar-refractivity contribution in [2.24, 2.45) is 0 Å². The molecule has 1 heterocycles. The first-order chi connectivity index (χ1) is 10.5. The molecule has 1 aromatic heterocycles. The Morgan fingerprint density at radius 3 is 2.22 bits per heavy atom. The highest BCUT2D eigenvalue weighted by molar-refractivity contribution is 5.76. The van der Waals surface area contributed by atoms with Crippen LogP contribution in [0.5, 0.6) is 0 Å². The quantitative estimate of drug-likeness (QED) is 0.578. The summed E-state index contributed by atoms with van der Waals surface area (Å²) in [5, 5.41) is 11.1. The van der Waals surface area contributed by atoms with Crippen LogP contribution in [-0.4, -0.2) is 9.91 Å². The summed E-state index contributed by atoms with van der Waals surface area (Å²) in [4.78, 5) is 14.5. The maximum atomic E-state index is 13.4. The van der Waals surface area contributed by atoms with Crippen LogP contribution in [0.1, 0.15) is 32.0 Å². The molecule has 0 aliphatic rings. The fourth-order valence-electron chi connectivity index (χ4n) is 2.18. The number of rotatable bonds is 2. The number of benzene rings is 1. The molecule has 7 heteroatoms. The zero-order valence-electron chi connectivity index (χ0n) is 12.8. The van der Waals surface area contributed by atoms with E-state index in [1.54, 1.807) is 20.8 Å². The number of halogens is 3. The van der Waals surface area contributed by atoms with E-state index < -0.39 is 22.1 Å². The van der Waals surface area contributed by atoms with Crippen LogP contribution in [0.3, 0.4) is 0 Å². The van der Waals surface area contributed by atoms with Gasteiger partial charge in [0.25, 0.3) is 5.69 Å². The lowest BCUT2D eigenvalue weighted by Crippen LogP contribution is -2.17. The summed E-state index contributed by atoms with van der Waals surface area (Å²) in [5.41, 5.74) is -2.00. The first-order valence-electron chi connectivity index (χ1n) is 6.83. The number of nitrogens with zero attached hydrogens (tertiary/aromatic N) is 2. The molecular formula is C16H15F3N2O2. The van der Waals surface area contributed by atoms with Crippen LogP contribution in [-0.2, 0) is 11.6 Å². The van der Waals surface area contributed by atoms with Crippen LogP contribution in [0, 0.1) is 10.1 Å². The third-order valence-corrected chi connectivity index (χ3v) is 3.37. The zero-order valence-corrected chi connectivity index (χ0v) is 12.8. The topological polar surface area (TPSA) is 56.0 Å². The lowest BCUT2D eigenvalue weighted by atomic mass is 9.89. The van der Waals surface area contributed by atoms with Gasteiger partial charge in [0.05, 0.1) is 16.1 Å². The van der Waals surface area contributed by atoms with Gasteiger partial charge in [-0.3, -0.25) is 15.1 Å². The Bertz CT molecular complexity index is 750. The van der Waals surface area contributed by atoms with Crippen LogP contribution in [0.25, 0.3) is 11.1 Å². The van der Waals surface area contributed by atoms with Crippen molar-refractivity contribution in [3.8, 4) is 11.1 Å². The molecule has 0 unspecified atom stereocenters. The van der Waals surface area contributed by atoms with Crippen LogP contribution in [0.15, 0.2) is 36.5 Å². The smallest absolute Gasteiger partial charge is 0.260 e. The Morgan fingerprint density at radius 1 is 1.09 bits per heavy atom. The van der Waals surface area contributed by atoms with Gasteiger partial charge in [0.1, 0.15) is 0 Å². The van der Waals surface area contributed by atoms with E-state index in [9.17, 15) is 23.3 Å². The summed E-state index contributed by atoms with van der Waals surface area (Å²) in [6, 6.07) is 6.30. The van der Waals surface area contributed by atoms with Gasteiger partial charge in [0.2, 0.25) is 0 Å². The molecule has 0 fully saturated rings. The van der Waals surface area contributed by atoms with Crippen molar-refractivity contribution in [2.45, 2.75) is 32.4 Å². The molecule has 2 aromatic rings. The highest BCUT2D eigenvalue weighted by Gasteiger charge is 2.36. The van der Waals surface area contributed by atoms with Gasteiger partial charge >= 0.3 is 6.18 Å². The molecule has 0 amide bonds. The molecule has 0 radical (unpaired) electrons. The second kappa shape index (κ2) is 5.64. The van der Waals surface area contributed by atoms with Gasteiger partial charge in [0, 0.05) is 28.9 Å². The Kier molecular flexibility index (Phi) is 4.15. The summed E-state index contributed by atoms with van der Waals surface area (Å²) >= 11 is 0. The van der Waals surface area contributed by atoms with Gasteiger partial charge < -0.3 is 0 Å². The molecule has 0 saturated heterocycles. The van der Waals surface area contributed by atoms with Gasteiger partial charge in [-0.15, -0.1) is 0 Å². The molecule has 23 heavy (non-hydrogen) atoms. The molecule has 0 N–H and O–H groups in total. The molecule has 122 valence electrons. The van der Waals surface area contributed by atoms with Gasteiger partial charge in [-0.05, 0) is 12.1 Å². The van der Waals surface area contributed by atoms with Crippen molar-refractivity contribution >= 4 is 5.69 Å². The van der Waals surface area contributed by atoms with E-state index in [0.717, 1.165) is 12.3 Å². The molecule has 1 aromatic carbocycles. The second-order valence-electron chi connectivity index (χ2n) is 6.14. The average Bonchev–Trinajstić information content (AvgIpc) is 2.44. The lowest BCUT2D eigenvalue weighted by Gasteiger charge is -2.21. The van der Waals surface area contributed by atoms with Crippen molar-refractivity contribution in [1.82, 2.24) is 4.98 Å². The number of aromatic nitrogens is 1. The van der Waals surface area contributed by atoms with Crippen LogP contribution < -0.4 is 0 Å². The third kappa shape index (κ3) is 3.49. The van der Waals surface area contributed by atoms with Gasteiger partial charge in [0.15, 0.2) is 0 Å². The first kappa shape index (κ1) is 16.9. The summed E-state index contributed by atoms with van der Waals surface area (Å²) in [6.45, 7) is 5.25. The highest BCUT2D eigenvalue weighted by atomic mass is 19.4. The van der Waals surface area contributed by atoms with E-state index in [-0.39, 0.29) is 22.5 Å². The molecular weight excluding hydrogens is 309 g/mol. The van der Waals surface area contributed by atoms with Gasteiger partial charge in [-0.25, -0.2) is 0 Å². The van der Waals surface area contributed by atoms with Gasteiger partial charge in [-0.2, -0.15) is 13.2 Å². The summed E-state index contributed by atoms with van der Waals surface area (Å²) in [6.07, 6.45) is -3.58. The Balaban J connectivity index is 2.76. The minimum Gasteiger partial charge on any atom is -0.260 e. The molecule has 4 nitrogen and oxygen atoms in total. The number of para-hydroxylation sites is 1. The number of nitro groups is 1. The Hall–Kier alpha value is -2.44. The monoisotopic (exact) mass is 324 g/mol. The highest BCUT2D eigenvalue weighted by Crippen LogP contribution is 2.41. The molecule has 0 atom stereocenters. The molecule has 0 aliphatic carbocycles. The summed E-state index contributed by atoms with van der Waals surface area (Å²) < 4.78 is 40.3. The minimum absolute atomic E-state index is 0.0993. The maximum absolute atomic E-state index is 13.4. The first-order valence-corrected chi connectivity index (χ1v) is 6.83. The summed E-state index contributed by atoms with van der Waals surface area (Å²) in [7, 11) is 0. The fourth-order valence-corrected chi connectivity index (χ4v) is 2.18. The number of hydrogen-bond donors (Lipinski definition) is 0. The van der Waals surface area contributed by atoms with E-state index >= 15 is 0 Å². The van der Waals surface area contributed by atoms with E-state index in [2.05, 4.69) is 4.98 Å². The van der Waals surface area contributed by atoms with Crippen molar-refractivity contribution in [3.05, 3.63) is 57.9 Å². The fraction of sp³-hybridized carbons (Fsp3) is 0.312. The largest absolute Gasteiger partial charge is 0.417 e. The van der Waals surface area contributed by atoms with E-state index in [1.807, 2.05) is 0 Å². The van der Waals surface area contributed by atoms with E-state index in [4.69, 9.17) is 0 Å². The Morgan fingerprint density at radius 2 is 1.70 bits per heavy atom. The van der Waals surface area contributed by atoms with Crippen LogP contribution >= 0.6 is 0 Å². The minimum atomic E-state index is -4.64. The maximum Gasteiger partial charge on any atom is 0.417 e. The van der Waals surface area contributed by atoms with Gasteiger partial charge in [-0.1, -0.05) is 32.9 Å². The van der Waals surface area contributed by atoms with E-state index in [1.165, 1.54) is 24.3 Å². The standard InChI is InChI=1S/C16H15F3N2O2/c1-15(2,3)14-8-12(16(17,18)19)11(9-20-14)10-6-4-5-7-13(10)21(22)23/h4-9H,1-3H3. The van der Waals surface area contributed by atoms with Crippen LogP contribution in [0.2, 0.25) is 0 Å².